The van der Waals surface area contributed by atoms with Crippen molar-refractivity contribution in [2.75, 3.05) is 19.7 Å². The number of nitrogens with zero attached hydrogens (tertiary/aromatic N) is 2. The molecule has 1 fully saturated rings. The SMILES string of the molecule is CCOC(=O)C1CCCN(C(=O)Cc2ccc3nc(CC)[nH]c3c2)C1. The molecule has 6 heteroatoms. The van der Waals surface area contributed by atoms with Gasteiger partial charge in [0.2, 0.25) is 5.91 Å². The Bertz CT molecular complexity index is 768. The van der Waals surface area contributed by atoms with Gasteiger partial charge in [-0.15, -0.1) is 0 Å². The first-order valence-corrected chi connectivity index (χ1v) is 9.02. The maximum absolute atomic E-state index is 12.6. The van der Waals surface area contributed by atoms with Crippen LogP contribution in [0, 0.1) is 5.92 Å². The molecule has 1 aliphatic rings. The van der Waals surface area contributed by atoms with E-state index in [1.54, 1.807) is 11.8 Å². The fourth-order valence-electron chi connectivity index (χ4n) is 3.33. The number of aromatic nitrogens is 2. The van der Waals surface area contributed by atoms with E-state index in [-0.39, 0.29) is 17.8 Å². The van der Waals surface area contributed by atoms with E-state index in [9.17, 15) is 9.59 Å². The molecule has 1 atom stereocenters. The number of benzene rings is 1. The third-order valence-corrected chi connectivity index (χ3v) is 4.68. The smallest absolute Gasteiger partial charge is 0.310 e. The Kier molecular flexibility index (Phi) is 5.36. The predicted octanol–water partition coefficient (Wildman–Crippen LogP) is 2.47. The van der Waals surface area contributed by atoms with Crippen LogP contribution >= 0.6 is 0 Å². The molecule has 1 amide bonds. The number of hydrogen-bond acceptors (Lipinski definition) is 4. The van der Waals surface area contributed by atoms with Crippen molar-refractivity contribution < 1.29 is 14.3 Å². The number of H-pyrrole nitrogens is 1. The minimum Gasteiger partial charge on any atom is -0.466 e. The Hall–Kier alpha value is -2.37. The minimum absolute atomic E-state index is 0.0589. The van der Waals surface area contributed by atoms with E-state index in [1.165, 1.54) is 0 Å². The van der Waals surface area contributed by atoms with Crippen LogP contribution in [0.4, 0.5) is 0 Å². The van der Waals surface area contributed by atoms with Crippen molar-refractivity contribution >= 4 is 22.9 Å². The maximum Gasteiger partial charge on any atom is 0.310 e. The van der Waals surface area contributed by atoms with Crippen LogP contribution in [-0.2, 0) is 27.2 Å². The van der Waals surface area contributed by atoms with Gasteiger partial charge in [0.05, 0.1) is 30.0 Å². The molecule has 1 unspecified atom stereocenters. The second-order valence-corrected chi connectivity index (χ2v) is 6.50. The van der Waals surface area contributed by atoms with Crippen molar-refractivity contribution in [3.8, 4) is 0 Å². The molecule has 1 saturated heterocycles. The quantitative estimate of drug-likeness (QED) is 0.846. The van der Waals surface area contributed by atoms with Crippen LogP contribution in [-0.4, -0.2) is 46.4 Å². The molecule has 1 aliphatic heterocycles. The molecule has 0 bridgehead atoms. The number of likely N-dealkylation sites (tertiary alicyclic amines) is 1. The van der Waals surface area contributed by atoms with Gasteiger partial charge >= 0.3 is 5.97 Å². The first kappa shape index (κ1) is 17.5. The van der Waals surface area contributed by atoms with Gasteiger partial charge in [0.1, 0.15) is 5.82 Å². The zero-order chi connectivity index (χ0) is 17.8. The summed E-state index contributed by atoms with van der Waals surface area (Å²) in [5.41, 5.74) is 2.85. The molecule has 0 saturated carbocycles. The number of carbonyl (C=O) groups is 2. The fraction of sp³-hybridized carbons (Fsp3) is 0.526. The van der Waals surface area contributed by atoms with E-state index >= 15 is 0 Å². The molecule has 6 nitrogen and oxygen atoms in total. The molecule has 3 rings (SSSR count). The molecular formula is C19H25N3O3. The largest absolute Gasteiger partial charge is 0.466 e. The van der Waals surface area contributed by atoms with Gasteiger partial charge in [0, 0.05) is 19.5 Å². The van der Waals surface area contributed by atoms with Gasteiger partial charge in [-0.2, -0.15) is 0 Å². The molecule has 134 valence electrons. The zero-order valence-electron chi connectivity index (χ0n) is 14.9. The van der Waals surface area contributed by atoms with Gasteiger partial charge in [-0.25, -0.2) is 4.98 Å². The van der Waals surface area contributed by atoms with Gasteiger partial charge in [-0.3, -0.25) is 9.59 Å². The molecule has 0 radical (unpaired) electrons. The lowest BCUT2D eigenvalue weighted by Gasteiger charge is -2.31. The lowest BCUT2D eigenvalue weighted by atomic mass is 9.97. The number of imidazole rings is 1. The van der Waals surface area contributed by atoms with Crippen LogP contribution in [0.2, 0.25) is 0 Å². The number of aromatic amines is 1. The summed E-state index contributed by atoms with van der Waals surface area (Å²) in [5, 5.41) is 0. The summed E-state index contributed by atoms with van der Waals surface area (Å²) in [4.78, 5) is 34.1. The predicted molar refractivity (Wildman–Crippen MR) is 95.1 cm³/mol. The third-order valence-electron chi connectivity index (χ3n) is 4.68. The summed E-state index contributed by atoms with van der Waals surface area (Å²) in [7, 11) is 0. The summed E-state index contributed by atoms with van der Waals surface area (Å²) in [5.74, 6) is 0.626. The highest BCUT2D eigenvalue weighted by molar-refractivity contribution is 5.82. The Morgan fingerprint density at radius 2 is 2.20 bits per heavy atom. The van der Waals surface area contributed by atoms with Crippen molar-refractivity contribution in [3.05, 3.63) is 29.6 Å². The Balaban J connectivity index is 1.66. The van der Waals surface area contributed by atoms with E-state index in [0.29, 0.717) is 26.1 Å². The first-order chi connectivity index (χ1) is 12.1. The number of carbonyl (C=O) groups excluding carboxylic acids is 2. The topological polar surface area (TPSA) is 75.3 Å². The van der Waals surface area contributed by atoms with E-state index in [0.717, 1.165) is 41.7 Å². The molecule has 0 aliphatic carbocycles. The summed E-state index contributed by atoms with van der Waals surface area (Å²) >= 11 is 0. The van der Waals surface area contributed by atoms with E-state index < -0.39 is 0 Å². The molecule has 1 N–H and O–H groups in total. The highest BCUT2D eigenvalue weighted by atomic mass is 16.5. The van der Waals surface area contributed by atoms with Gasteiger partial charge in [-0.05, 0) is 37.5 Å². The molecule has 2 aromatic rings. The van der Waals surface area contributed by atoms with Crippen LogP contribution in [0.5, 0.6) is 0 Å². The number of fused-ring (bicyclic) bond motifs is 1. The molecular weight excluding hydrogens is 318 g/mol. The van der Waals surface area contributed by atoms with E-state index in [2.05, 4.69) is 16.9 Å². The second kappa shape index (κ2) is 7.68. The third kappa shape index (κ3) is 4.00. The number of esters is 1. The minimum atomic E-state index is -0.195. The Morgan fingerprint density at radius 3 is 2.96 bits per heavy atom. The van der Waals surface area contributed by atoms with Crippen molar-refractivity contribution in [1.29, 1.82) is 0 Å². The summed E-state index contributed by atoms with van der Waals surface area (Å²) < 4.78 is 5.10. The summed E-state index contributed by atoms with van der Waals surface area (Å²) in [6, 6.07) is 5.89. The molecule has 1 aromatic carbocycles. The molecule has 25 heavy (non-hydrogen) atoms. The van der Waals surface area contributed by atoms with Gasteiger partial charge in [0.15, 0.2) is 0 Å². The zero-order valence-corrected chi connectivity index (χ0v) is 14.9. The van der Waals surface area contributed by atoms with Crippen molar-refractivity contribution in [1.82, 2.24) is 14.9 Å². The average molecular weight is 343 g/mol. The van der Waals surface area contributed by atoms with Crippen LogP contribution in [0.25, 0.3) is 11.0 Å². The van der Waals surface area contributed by atoms with Crippen molar-refractivity contribution in [2.24, 2.45) is 5.92 Å². The standard InChI is InChI=1S/C19H25N3O3/c1-3-17-20-15-8-7-13(10-16(15)21-17)11-18(23)22-9-5-6-14(12-22)19(24)25-4-2/h7-8,10,14H,3-6,9,11-12H2,1-2H3,(H,20,21). The monoisotopic (exact) mass is 343 g/mol. The normalized spacial score (nSPS) is 17.7. The van der Waals surface area contributed by atoms with Crippen LogP contribution in [0.1, 0.15) is 38.1 Å². The molecule has 2 heterocycles. The number of amides is 1. The van der Waals surface area contributed by atoms with Gasteiger partial charge in [0.25, 0.3) is 0 Å². The van der Waals surface area contributed by atoms with Crippen molar-refractivity contribution in [3.63, 3.8) is 0 Å². The highest BCUT2D eigenvalue weighted by Gasteiger charge is 2.29. The molecule has 0 spiro atoms. The number of ether oxygens (including phenoxy) is 1. The lowest BCUT2D eigenvalue weighted by molar-refractivity contribution is -0.151. The molecule has 1 aromatic heterocycles. The summed E-state index contributed by atoms with van der Waals surface area (Å²) in [6.07, 6.45) is 2.83. The van der Waals surface area contributed by atoms with Crippen LogP contribution < -0.4 is 0 Å². The average Bonchev–Trinajstić information content (AvgIpc) is 3.04. The fourth-order valence-corrected chi connectivity index (χ4v) is 3.33. The number of piperidine rings is 1. The number of aryl methyl sites for hydroxylation is 1. The number of nitrogens with one attached hydrogen (secondary N) is 1. The maximum atomic E-state index is 12.6. The lowest BCUT2D eigenvalue weighted by Crippen LogP contribution is -2.43. The van der Waals surface area contributed by atoms with Gasteiger partial charge in [-0.1, -0.05) is 13.0 Å². The van der Waals surface area contributed by atoms with Gasteiger partial charge < -0.3 is 14.6 Å². The van der Waals surface area contributed by atoms with E-state index in [4.69, 9.17) is 4.74 Å². The Morgan fingerprint density at radius 1 is 1.36 bits per heavy atom. The number of hydrogen-bond donors (Lipinski definition) is 1. The van der Waals surface area contributed by atoms with E-state index in [1.807, 2.05) is 18.2 Å². The summed E-state index contributed by atoms with van der Waals surface area (Å²) in [6.45, 7) is 5.41. The van der Waals surface area contributed by atoms with Crippen LogP contribution in [0.15, 0.2) is 18.2 Å². The second-order valence-electron chi connectivity index (χ2n) is 6.50. The Labute approximate surface area is 147 Å². The first-order valence-electron chi connectivity index (χ1n) is 9.02. The number of rotatable bonds is 5. The van der Waals surface area contributed by atoms with Crippen LogP contribution in [0.3, 0.4) is 0 Å². The highest BCUT2D eigenvalue weighted by Crippen LogP contribution is 2.20. The van der Waals surface area contributed by atoms with Crippen molar-refractivity contribution in [2.45, 2.75) is 39.5 Å².